The summed E-state index contributed by atoms with van der Waals surface area (Å²) in [6.45, 7) is 0. The van der Waals surface area contributed by atoms with Crippen molar-refractivity contribution < 1.29 is 9.53 Å². The van der Waals surface area contributed by atoms with Gasteiger partial charge in [-0.2, -0.15) is 5.10 Å². The Morgan fingerprint density at radius 1 is 1.17 bits per heavy atom. The minimum atomic E-state index is -0.269. The van der Waals surface area contributed by atoms with Crippen molar-refractivity contribution in [3.63, 3.8) is 0 Å². The van der Waals surface area contributed by atoms with Crippen molar-refractivity contribution in [3.8, 4) is 17.0 Å². The van der Waals surface area contributed by atoms with E-state index in [9.17, 15) is 4.79 Å². The minimum Gasteiger partial charge on any atom is -0.497 e. The van der Waals surface area contributed by atoms with Crippen molar-refractivity contribution in [2.75, 3.05) is 12.4 Å². The van der Waals surface area contributed by atoms with Gasteiger partial charge in [0, 0.05) is 16.3 Å². The molecule has 0 fully saturated rings. The maximum absolute atomic E-state index is 12.2. The molecule has 0 atom stereocenters. The molecule has 0 spiro atoms. The van der Waals surface area contributed by atoms with Crippen LogP contribution in [0.4, 0.5) is 5.69 Å². The van der Waals surface area contributed by atoms with Crippen LogP contribution in [0.15, 0.2) is 54.6 Å². The molecular weight excluding hydrogens is 314 g/mol. The predicted molar refractivity (Wildman–Crippen MR) is 90.0 cm³/mol. The van der Waals surface area contributed by atoms with E-state index in [0.29, 0.717) is 22.1 Å². The van der Waals surface area contributed by atoms with Crippen molar-refractivity contribution >= 4 is 23.2 Å². The lowest BCUT2D eigenvalue weighted by Gasteiger charge is -2.03. The Morgan fingerprint density at radius 3 is 2.70 bits per heavy atom. The van der Waals surface area contributed by atoms with E-state index < -0.39 is 0 Å². The van der Waals surface area contributed by atoms with Gasteiger partial charge in [0.05, 0.1) is 12.8 Å². The van der Waals surface area contributed by atoms with Gasteiger partial charge in [-0.05, 0) is 42.5 Å². The summed E-state index contributed by atoms with van der Waals surface area (Å²) in [6.07, 6.45) is 0. The molecule has 0 radical (unpaired) electrons. The number of aromatic amines is 1. The van der Waals surface area contributed by atoms with Crippen molar-refractivity contribution in [3.05, 3.63) is 65.3 Å². The third-order valence-corrected chi connectivity index (χ3v) is 3.54. The second-order valence-corrected chi connectivity index (χ2v) is 5.30. The third-order valence-electron chi connectivity index (χ3n) is 3.29. The second kappa shape index (κ2) is 6.54. The van der Waals surface area contributed by atoms with Crippen molar-refractivity contribution in [1.29, 1.82) is 0 Å². The average molecular weight is 328 g/mol. The maximum atomic E-state index is 12.2. The molecule has 5 nitrogen and oxygen atoms in total. The number of anilines is 1. The summed E-state index contributed by atoms with van der Waals surface area (Å²) in [5.74, 6) is 0.464. The topological polar surface area (TPSA) is 67.0 Å². The molecule has 3 rings (SSSR count). The quantitative estimate of drug-likeness (QED) is 0.761. The Morgan fingerprint density at radius 2 is 1.96 bits per heavy atom. The first-order valence-corrected chi connectivity index (χ1v) is 7.30. The molecule has 2 aromatic carbocycles. The van der Waals surface area contributed by atoms with E-state index in [1.807, 2.05) is 24.3 Å². The lowest BCUT2D eigenvalue weighted by Crippen LogP contribution is -2.12. The summed E-state index contributed by atoms with van der Waals surface area (Å²) in [5.41, 5.74) is 2.57. The molecule has 6 heteroatoms. The van der Waals surface area contributed by atoms with Crippen LogP contribution in [-0.4, -0.2) is 23.2 Å². The number of nitrogens with zero attached hydrogens (tertiary/aromatic N) is 1. The number of H-pyrrole nitrogens is 1. The van der Waals surface area contributed by atoms with Crippen LogP contribution in [0.1, 0.15) is 10.5 Å². The first kappa shape index (κ1) is 15.1. The van der Waals surface area contributed by atoms with Crippen molar-refractivity contribution in [1.82, 2.24) is 10.2 Å². The summed E-state index contributed by atoms with van der Waals surface area (Å²) in [6, 6.07) is 16.1. The highest BCUT2D eigenvalue weighted by atomic mass is 35.5. The largest absolute Gasteiger partial charge is 0.497 e. The highest BCUT2D eigenvalue weighted by Crippen LogP contribution is 2.23. The molecule has 23 heavy (non-hydrogen) atoms. The van der Waals surface area contributed by atoms with Crippen LogP contribution in [0.3, 0.4) is 0 Å². The number of ether oxygens (including phenoxy) is 1. The molecule has 0 saturated heterocycles. The maximum Gasteiger partial charge on any atom is 0.273 e. The number of halogens is 1. The molecule has 0 bridgehead atoms. The summed E-state index contributed by atoms with van der Waals surface area (Å²) in [7, 11) is 1.61. The number of amides is 1. The normalized spacial score (nSPS) is 10.3. The number of carbonyl (C=O) groups is 1. The van der Waals surface area contributed by atoms with E-state index in [2.05, 4.69) is 15.5 Å². The van der Waals surface area contributed by atoms with Gasteiger partial charge in [0.1, 0.15) is 11.4 Å². The lowest BCUT2D eigenvalue weighted by molar-refractivity contribution is 0.102. The van der Waals surface area contributed by atoms with Gasteiger partial charge in [-0.15, -0.1) is 0 Å². The monoisotopic (exact) mass is 327 g/mol. The van der Waals surface area contributed by atoms with Crippen LogP contribution < -0.4 is 10.1 Å². The standard InChI is InChI=1S/C17H14ClN3O2/c1-23-14-4-2-3-11(9-14)15-10-16(21-20-15)17(22)19-13-7-5-12(18)6-8-13/h2-10H,1H3,(H,19,22)(H,20,21). The Hall–Kier alpha value is -2.79. The second-order valence-electron chi connectivity index (χ2n) is 4.86. The van der Waals surface area contributed by atoms with Crippen LogP contribution in [0.2, 0.25) is 5.02 Å². The summed E-state index contributed by atoms with van der Waals surface area (Å²) in [4.78, 5) is 12.2. The zero-order valence-corrected chi connectivity index (χ0v) is 13.1. The highest BCUT2D eigenvalue weighted by Gasteiger charge is 2.11. The third kappa shape index (κ3) is 3.52. The average Bonchev–Trinajstić information content (AvgIpc) is 3.07. The zero-order chi connectivity index (χ0) is 16.2. The molecule has 1 amide bonds. The SMILES string of the molecule is COc1cccc(-c2cc(C(=O)Nc3ccc(Cl)cc3)[nH]n2)c1. The molecule has 0 aliphatic rings. The minimum absolute atomic E-state index is 0.269. The van der Waals surface area contributed by atoms with Gasteiger partial charge in [-0.25, -0.2) is 0 Å². The zero-order valence-electron chi connectivity index (χ0n) is 12.3. The molecule has 1 aromatic heterocycles. The number of aromatic nitrogens is 2. The van der Waals surface area contributed by atoms with Crippen LogP contribution in [0.5, 0.6) is 5.75 Å². The fraction of sp³-hybridized carbons (Fsp3) is 0.0588. The van der Waals surface area contributed by atoms with E-state index in [4.69, 9.17) is 16.3 Å². The molecule has 116 valence electrons. The van der Waals surface area contributed by atoms with Crippen molar-refractivity contribution in [2.45, 2.75) is 0 Å². The Kier molecular flexibility index (Phi) is 4.30. The summed E-state index contributed by atoms with van der Waals surface area (Å²) >= 11 is 5.82. The Labute approximate surface area is 138 Å². The predicted octanol–water partition coefficient (Wildman–Crippen LogP) is 3.99. The molecule has 2 N–H and O–H groups in total. The first-order valence-electron chi connectivity index (χ1n) is 6.92. The van der Waals surface area contributed by atoms with E-state index in [1.54, 1.807) is 37.4 Å². The van der Waals surface area contributed by atoms with Gasteiger partial charge in [0.15, 0.2) is 0 Å². The fourth-order valence-corrected chi connectivity index (χ4v) is 2.23. The lowest BCUT2D eigenvalue weighted by atomic mass is 10.1. The highest BCUT2D eigenvalue weighted by molar-refractivity contribution is 6.30. The van der Waals surface area contributed by atoms with Gasteiger partial charge in [-0.3, -0.25) is 9.89 Å². The van der Waals surface area contributed by atoms with Crippen LogP contribution in [0, 0.1) is 0 Å². The molecular formula is C17H14ClN3O2. The molecule has 0 aliphatic heterocycles. The van der Waals surface area contributed by atoms with Crippen molar-refractivity contribution in [2.24, 2.45) is 0 Å². The molecule has 1 heterocycles. The smallest absolute Gasteiger partial charge is 0.273 e. The Bertz CT molecular complexity index is 828. The van der Waals surface area contributed by atoms with E-state index in [-0.39, 0.29) is 5.91 Å². The number of rotatable bonds is 4. The summed E-state index contributed by atoms with van der Waals surface area (Å²) < 4.78 is 5.19. The first-order chi connectivity index (χ1) is 11.2. The molecule has 0 aliphatic carbocycles. The van der Waals surface area contributed by atoms with Gasteiger partial charge in [0.2, 0.25) is 0 Å². The van der Waals surface area contributed by atoms with E-state index >= 15 is 0 Å². The number of benzene rings is 2. The van der Waals surface area contributed by atoms with E-state index in [1.165, 1.54) is 0 Å². The number of hydrogen-bond donors (Lipinski definition) is 2. The molecule has 0 unspecified atom stereocenters. The molecule has 3 aromatic rings. The van der Waals surface area contributed by atoms with Crippen LogP contribution >= 0.6 is 11.6 Å². The van der Waals surface area contributed by atoms with Gasteiger partial charge < -0.3 is 10.1 Å². The fourth-order valence-electron chi connectivity index (χ4n) is 2.10. The number of nitrogens with one attached hydrogen (secondary N) is 2. The summed E-state index contributed by atoms with van der Waals surface area (Å²) in [5, 5.41) is 10.3. The Balaban J connectivity index is 1.78. The number of methoxy groups -OCH3 is 1. The van der Waals surface area contributed by atoms with Crippen LogP contribution in [-0.2, 0) is 0 Å². The number of carbonyl (C=O) groups excluding carboxylic acids is 1. The van der Waals surface area contributed by atoms with E-state index in [0.717, 1.165) is 11.3 Å². The van der Waals surface area contributed by atoms with Gasteiger partial charge >= 0.3 is 0 Å². The van der Waals surface area contributed by atoms with Crippen LogP contribution in [0.25, 0.3) is 11.3 Å². The molecule has 0 saturated carbocycles. The van der Waals surface area contributed by atoms with Gasteiger partial charge in [-0.1, -0.05) is 23.7 Å². The number of hydrogen-bond acceptors (Lipinski definition) is 3. The van der Waals surface area contributed by atoms with Gasteiger partial charge in [0.25, 0.3) is 5.91 Å².